The number of amides is 1. The molecule has 0 aromatic heterocycles. The van der Waals surface area contributed by atoms with E-state index in [4.69, 9.17) is 5.73 Å². The Hall–Kier alpha value is -0.570. The largest absolute Gasteiger partial charge is 0.342 e. The maximum atomic E-state index is 12.6. The standard InChI is InChI=1S/C14H28N2O/c1-13(2,14(3,4)15)12(17)16-10-8-6-5-7-9-11-16/h5-11,15H2,1-4H3. The average Bonchev–Trinajstić information content (AvgIpc) is 2.14. The summed E-state index contributed by atoms with van der Waals surface area (Å²) in [5, 5.41) is 0. The van der Waals surface area contributed by atoms with E-state index in [1.807, 2.05) is 32.6 Å². The topological polar surface area (TPSA) is 46.3 Å². The summed E-state index contributed by atoms with van der Waals surface area (Å²) in [5.74, 6) is 0.215. The Morgan fingerprint density at radius 3 is 1.76 bits per heavy atom. The number of carbonyl (C=O) groups is 1. The minimum absolute atomic E-state index is 0.215. The lowest BCUT2D eigenvalue weighted by Gasteiger charge is -2.41. The second kappa shape index (κ2) is 5.38. The number of carbonyl (C=O) groups excluding carboxylic acids is 1. The van der Waals surface area contributed by atoms with Crippen LogP contribution in [0.4, 0.5) is 0 Å². The van der Waals surface area contributed by atoms with Gasteiger partial charge in [0.2, 0.25) is 5.91 Å². The second-order valence-electron chi connectivity index (χ2n) is 6.41. The van der Waals surface area contributed by atoms with Gasteiger partial charge in [-0.25, -0.2) is 0 Å². The molecule has 0 atom stereocenters. The van der Waals surface area contributed by atoms with Gasteiger partial charge in [0.05, 0.1) is 5.41 Å². The third kappa shape index (κ3) is 3.44. The highest BCUT2D eigenvalue weighted by molar-refractivity contribution is 5.83. The van der Waals surface area contributed by atoms with E-state index in [1.165, 1.54) is 19.3 Å². The van der Waals surface area contributed by atoms with Crippen molar-refractivity contribution in [1.82, 2.24) is 4.90 Å². The van der Waals surface area contributed by atoms with Crippen molar-refractivity contribution in [3.05, 3.63) is 0 Å². The molecule has 0 aromatic carbocycles. The van der Waals surface area contributed by atoms with Crippen LogP contribution in [0.3, 0.4) is 0 Å². The van der Waals surface area contributed by atoms with Gasteiger partial charge in [-0.15, -0.1) is 0 Å². The zero-order chi connectivity index (χ0) is 13.1. The van der Waals surface area contributed by atoms with Gasteiger partial charge in [-0.1, -0.05) is 19.3 Å². The van der Waals surface area contributed by atoms with Crippen LogP contribution in [0, 0.1) is 5.41 Å². The first-order valence-electron chi connectivity index (χ1n) is 6.85. The molecule has 1 rings (SSSR count). The third-order valence-corrected chi connectivity index (χ3v) is 4.29. The molecule has 2 N–H and O–H groups in total. The molecule has 1 amide bonds. The molecule has 0 bridgehead atoms. The minimum Gasteiger partial charge on any atom is -0.342 e. The van der Waals surface area contributed by atoms with Gasteiger partial charge < -0.3 is 10.6 Å². The van der Waals surface area contributed by atoms with Crippen LogP contribution in [0.1, 0.15) is 59.8 Å². The van der Waals surface area contributed by atoms with Crippen molar-refractivity contribution >= 4 is 5.91 Å². The molecular weight excluding hydrogens is 212 g/mol. The first-order chi connectivity index (χ1) is 7.77. The molecule has 0 unspecified atom stereocenters. The monoisotopic (exact) mass is 240 g/mol. The van der Waals surface area contributed by atoms with Crippen molar-refractivity contribution in [2.75, 3.05) is 13.1 Å². The van der Waals surface area contributed by atoms with Crippen LogP contribution in [-0.4, -0.2) is 29.4 Å². The van der Waals surface area contributed by atoms with Gasteiger partial charge >= 0.3 is 0 Å². The van der Waals surface area contributed by atoms with E-state index in [-0.39, 0.29) is 5.91 Å². The summed E-state index contributed by atoms with van der Waals surface area (Å²) in [6.45, 7) is 9.61. The lowest BCUT2D eigenvalue weighted by molar-refractivity contribution is -0.143. The molecule has 0 aromatic rings. The number of rotatable bonds is 2. The van der Waals surface area contributed by atoms with E-state index in [2.05, 4.69) is 0 Å². The second-order valence-corrected chi connectivity index (χ2v) is 6.41. The summed E-state index contributed by atoms with van der Waals surface area (Å²) >= 11 is 0. The van der Waals surface area contributed by atoms with Crippen LogP contribution in [-0.2, 0) is 4.79 Å². The zero-order valence-corrected chi connectivity index (χ0v) is 11.9. The Bertz CT molecular complexity index is 258. The zero-order valence-electron chi connectivity index (χ0n) is 11.9. The van der Waals surface area contributed by atoms with Crippen molar-refractivity contribution in [3.8, 4) is 0 Å². The lowest BCUT2D eigenvalue weighted by atomic mass is 9.74. The predicted molar refractivity (Wildman–Crippen MR) is 71.7 cm³/mol. The molecule has 3 nitrogen and oxygen atoms in total. The molecule has 1 aliphatic heterocycles. The molecule has 17 heavy (non-hydrogen) atoms. The van der Waals surface area contributed by atoms with Gasteiger partial charge in [0, 0.05) is 18.6 Å². The van der Waals surface area contributed by atoms with Crippen LogP contribution in [0.25, 0.3) is 0 Å². The van der Waals surface area contributed by atoms with Crippen LogP contribution in [0.15, 0.2) is 0 Å². The fourth-order valence-corrected chi connectivity index (χ4v) is 2.12. The van der Waals surface area contributed by atoms with E-state index in [0.717, 1.165) is 25.9 Å². The van der Waals surface area contributed by atoms with Crippen LogP contribution in [0.5, 0.6) is 0 Å². The van der Waals surface area contributed by atoms with E-state index >= 15 is 0 Å². The first kappa shape index (κ1) is 14.5. The van der Waals surface area contributed by atoms with Crippen LogP contribution < -0.4 is 5.73 Å². The normalized spacial score (nSPS) is 19.7. The number of hydrogen-bond donors (Lipinski definition) is 1. The van der Waals surface area contributed by atoms with Crippen molar-refractivity contribution in [3.63, 3.8) is 0 Å². The Morgan fingerprint density at radius 2 is 1.35 bits per heavy atom. The van der Waals surface area contributed by atoms with Gasteiger partial charge in [-0.05, 0) is 40.5 Å². The van der Waals surface area contributed by atoms with Crippen molar-refractivity contribution in [1.29, 1.82) is 0 Å². The molecule has 100 valence electrons. The fourth-order valence-electron chi connectivity index (χ4n) is 2.12. The van der Waals surface area contributed by atoms with Crippen molar-refractivity contribution in [2.24, 2.45) is 11.1 Å². The Morgan fingerprint density at radius 1 is 0.941 bits per heavy atom. The predicted octanol–water partition coefficient (Wildman–Crippen LogP) is 2.54. The molecular formula is C14H28N2O. The summed E-state index contributed by atoms with van der Waals surface area (Å²) in [4.78, 5) is 14.6. The van der Waals surface area contributed by atoms with E-state index in [0.29, 0.717) is 0 Å². The summed E-state index contributed by atoms with van der Waals surface area (Å²) in [6.07, 6.45) is 6.07. The smallest absolute Gasteiger partial charge is 0.230 e. The maximum absolute atomic E-state index is 12.6. The van der Waals surface area contributed by atoms with E-state index in [1.54, 1.807) is 0 Å². The van der Waals surface area contributed by atoms with E-state index in [9.17, 15) is 4.79 Å². The van der Waals surface area contributed by atoms with E-state index < -0.39 is 11.0 Å². The Kier molecular flexibility index (Phi) is 4.59. The highest BCUT2D eigenvalue weighted by Gasteiger charge is 2.42. The summed E-state index contributed by atoms with van der Waals surface area (Å²) < 4.78 is 0. The van der Waals surface area contributed by atoms with Crippen molar-refractivity contribution < 1.29 is 4.79 Å². The van der Waals surface area contributed by atoms with Crippen LogP contribution >= 0.6 is 0 Å². The Balaban J connectivity index is 2.73. The highest BCUT2D eigenvalue weighted by Crippen LogP contribution is 2.31. The number of likely N-dealkylation sites (tertiary alicyclic amines) is 1. The van der Waals surface area contributed by atoms with Crippen molar-refractivity contribution in [2.45, 2.75) is 65.3 Å². The van der Waals surface area contributed by atoms with Gasteiger partial charge in [-0.2, -0.15) is 0 Å². The molecule has 1 aliphatic rings. The Labute approximate surface area is 106 Å². The first-order valence-corrected chi connectivity index (χ1v) is 6.85. The third-order valence-electron chi connectivity index (χ3n) is 4.29. The SMILES string of the molecule is CC(C)(N)C(C)(C)C(=O)N1CCCCCCC1. The number of hydrogen-bond acceptors (Lipinski definition) is 2. The molecule has 0 radical (unpaired) electrons. The average molecular weight is 240 g/mol. The highest BCUT2D eigenvalue weighted by atomic mass is 16.2. The van der Waals surface area contributed by atoms with Gasteiger partial charge in [0.15, 0.2) is 0 Å². The van der Waals surface area contributed by atoms with Gasteiger partial charge in [-0.3, -0.25) is 4.79 Å². The van der Waals surface area contributed by atoms with Gasteiger partial charge in [0.1, 0.15) is 0 Å². The summed E-state index contributed by atoms with van der Waals surface area (Å²) in [5.41, 5.74) is 5.17. The molecule has 1 heterocycles. The fraction of sp³-hybridized carbons (Fsp3) is 0.929. The number of nitrogens with zero attached hydrogens (tertiary/aromatic N) is 1. The van der Waals surface area contributed by atoms with Crippen LogP contribution in [0.2, 0.25) is 0 Å². The van der Waals surface area contributed by atoms with Gasteiger partial charge in [0.25, 0.3) is 0 Å². The summed E-state index contributed by atoms with van der Waals surface area (Å²) in [6, 6.07) is 0. The molecule has 0 spiro atoms. The lowest BCUT2D eigenvalue weighted by Crippen LogP contribution is -2.56. The minimum atomic E-state index is -0.494. The molecule has 3 heteroatoms. The quantitative estimate of drug-likeness (QED) is 0.806. The molecule has 0 aliphatic carbocycles. The summed E-state index contributed by atoms with van der Waals surface area (Å²) in [7, 11) is 0. The number of nitrogens with two attached hydrogens (primary N) is 1. The molecule has 0 saturated carbocycles. The maximum Gasteiger partial charge on any atom is 0.230 e. The molecule has 1 fully saturated rings. The molecule has 1 saturated heterocycles.